The van der Waals surface area contributed by atoms with Crippen molar-refractivity contribution < 1.29 is 14.3 Å². The van der Waals surface area contributed by atoms with Crippen LogP contribution in [0.15, 0.2) is 48.5 Å². The van der Waals surface area contributed by atoms with Gasteiger partial charge in [-0.05, 0) is 48.4 Å². The van der Waals surface area contributed by atoms with Crippen LogP contribution in [0.4, 0.5) is 11.4 Å². The first kappa shape index (κ1) is 20.7. The molecule has 0 radical (unpaired) electrons. The number of anilines is 2. The molecule has 2 amide bonds. The number of carbonyl (C=O) groups excluding carboxylic acids is 2. The van der Waals surface area contributed by atoms with Gasteiger partial charge in [-0.25, -0.2) is 0 Å². The third-order valence-corrected chi connectivity index (χ3v) is 5.14. The molecule has 1 aliphatic heterocycles. The zero-order valence-corrected chi connectivity index (χ0v) is 17.2. The predicted molar refractivity (Wildman–Crippen MR) is 115 cm³/mol. The maximum absolute atomic E-state index is 12.6. The fraction of sp³-hybridized carbons (Fsp3) is 0.391. The lowest BCUT2D eigenvalue weighted by Crippen LogP contribution is -2.49. The Morgan fingerprint density at radius 1 is 0.966 bits per heavy atom. The molecule has 6 heteroatoms. The second-order valence-corrected chi connectivity index (χ2v) is 7.24. The van der Waals surface area contributed by atoms with E-state index < -0.39 is 0 Å². The van der Waals surface area contributed by atoms with Gasteiger partial charge >= 0.3 is 0 Å². The molecule has 0 unspecified atom stereocenters. The van der Waals surface area contributed by atoms with Gasteiger partial charge in [-0.1, -0.05) is 19.1 Å². The summed E-state index contributed by atoms with van der Waals surface area (Å²) in [6.45, 7) is 5.02. The molecule has 0 saturated carbocycles. The summed E-state index contributed by atoms with van der Waals surface area (Å²) in [5.74, 6) is 0.999. The quantitative estimate of drug-likeness (QED) is 0.781. The molecule has 1 N–H and O–H groups in total. The number of nitrogens with zero attached hydrogens (tertiary/aromatic N) is 2. The number of benzene rings is 2. The van der Waals surface area contributed by atoms with Crippen molar-refractivity contribution in [2.45, 2.75) is 26.2 Å². The molecular formula is C23H29N3O3. The van der Waals surface area contributed by atoms with E-state index in [0.717, 1.165) is 42.2 Å². The van der Waals surface area contributed by atoms with Crippen molar-refractivity contribution >= 4 is 23.2 Å². The van der Waals surface area contributed by atoms with Crippen molar-refractivity contribution in [3.05, 3.63) is 54.1 Å². The maximum atomic E-state index is 12.6. The zero-order valence-electron chi connectivity index (χ0n) is 17.2. The minimum Gasteiger partial charge on any atom is -0.497 e. The molecular weight excluding hydrogens is 366 g/mol. The number of methoxy groups -OCH3 is 1. The fourth-order valence-electron chi connectivity index (χ4n) is 3.45. The first-order chi connectivity index (χ1) is 14.1. The molecule has 1 saturated heterocycles. The van der Waals surface area contributed by atoms with E-state index in [1.54, 1.807) is 7.11 Å². The highest BCUT2D eigenvalue weighted by molar-refractivity contribution is 5.90. The van der Waals surface area contributed by atoms with E-state index in [2.05, 4.69) is 10.2 Å². The highest BCUT2D eigenvalue weighted by atomic mass is 16.5. The van der Waals surface area contributed by atoms with E-state index in [4.69, 9.17) is 4.74 Å². The highest BCUT2D eigenvalue weighted by Crippen LogP contribution is 2.20. The van der Waals surface area contributed by atoms with Crippen molar-refractivity contribution in [2.75, 3.05) is 43.5 Å². The molecule has 6 nitrogen and oxygen atoms in total. The van der Waals surface area contributed by atoms with Gasteiger partial charge in [-0.2, -0.15) is 0 Å². The summed E-state index contributed by atoms with van der Waals surface area (Å²) >= 11 is 0. The molecule has 0 atom stereocenters. The zero-order chi connectivity index (χ0) is 20.6. The van der Waals surface area contributed by atoms with Crippen LogP contribution in [0.5, 0.6) is 5.75 Å². The first-order valence-corrected chi connectivity index (χ1v) is 10.1. The number of ether oxygens (including phenoxy) is 1. The summed E-state index contributed by atoms with van der Waals surface area (Å²) in [4.78, 5) is 28.5. The third-order valence-electron chi connectivity index (χ3n) is 5.14. The lowest BCUT2D eigenvalue weighted by Gasteiger charge is -2.36. The molecule has 2 aromatic rings. The average Bonchev–Trinajstić information content (AvgIpc) is 2.75. The first-order valence-electron chi connectivity index (χ1n) is 10.1. The smallest absolute Gasteiger partial charge is 0.227 e. The normalized spacial score (nSPS) is 13.9. The Morgan fingerprint density at radius 2 is 1.62 bits per heavy atom. The van der Waals surface area contributed by atoms with Crippen molar-refractivity contribution in [3.63, 3.8) is 0 Å². The Bertz CT molecular complexity index is 810. The molecule has 2 aromatic carbocycles. The molecule has 154 valence electrons. The minimum absolute atomic E-state index is 0.0456. The molecule has 0 spiro atoms. The summed E-state index contributed by atoms with van der Waals surface area (Å²) in [5.41, 5.74) is 2.93. The molecule has 1 aliphatic rings. The Kier molecular flexibility index (Phi) is 7.11. The van der Waals surface area contributed by atoms with Crippen LogP contribution in [0.1, 0.15) is 25.3 Å². The van der Waals surface area contributed by atoms with E-state index in [-0.39, 0.29) is 11.8 Å². The van der Waals surface area contributed by atoms with E-state index >= 15 is 0 Å². The number of carbonyl (C=O) groups is 2. The molecule has 3 rings (SSSR count). The van der Waals surface area contributed by atoms with E-state index in [1.165, 1.54) is 0 Å². The third kappa shape index (κ3) is 5.73. The molecule has 1 heterocycles. The number of nitrogens with one attached hydrogen (secondary N) is 1. The number of amides is 2. The summed E-state index contributed by atoms with van der Waals surface area (Å²) in [6, 6.07) is 15.6. The predicted octanol–water partition coefficient (Wildman–Crippen LogP) is 3.33. The van der Waals surface area contributed by atoms with Gasteiger partial charge in [-0.15, -0.1) is 0 Å². The van der Waals surface area contributed by atoms with Crippen LogP contribution >= 0.6 is 0 Å². The number of rotatable bonds is 7. The van der Waals surface area contributed by atoms with Crippen molar-refractivity contribution in [2.24, 2.45) is 0 Å². The summed E-state index contributed by atoms with van der Waals surface area (Å²) in [7, 11) is 1.63. The van der Waals surface area contributed by atoms with Gasteiger partial charge in [0, 0.05) is 44.0 Å². The fourth-order valence-corrected chi connectivity index (χ4v) is 3.45. The number of hydrogen-bond donors (Lipinski definition) is 1. The average molecular weight is 396 g/mol. The second-order valence-electron chi connectivity index (χ2n) is 7.24. The second kappa shape index (κ2) is 9.96. The highest BCUT2D eigenvalue weighted by Gasteiger charge is 2.21. The molecule has 1 fully saturated rings. The van der Waals surface area contributed by atoms with Crippen LogP contribution in [0.3, 0.4) is 0 Å². The Balaban J connectivity index is 1.49. The van der Waals surface area contributed by atoms with Gasteiger partial charge in [0.1, 0.15) is 5.75 Å². The van der Waals surface area contributed by atoms with Gasteiger partial charge in [0.25, 0.3) is 0 Å². The van der Waals surface area contributed by atoms with Crippen molar-refractivity contribution in [1.82, 2.24) is 4.90 Å². The Labute approximate surface area is 172 Å². The molecule has 0 bridgehead atoms. The van der Waals surface area contributed by atoms with Crippen molar-refractivity contribution in [3.8, 4) is 5.75 Å². The van der Waals surface area contributed by atoms with Crippen LogP contribution in [0.25, 0.3) is 0 Å². The standard InChI is InChI=1S/C23H29N3O3/c1-3-4-22(27)24-19-7-9-20(10-8-19)25-13-15-26(16-14-25)23(28)17-18-5-11-21(29-2)12-6-18/h5-12H,3-4,13-17H2,1-2H3,(H,24,27). The summed E-state index contributed by atoms with van der Waals surface area (Å²) in [5, 5.41) is 2.91. The van der Waals surface area contributed by atoms with E-state index in [1.807, 2.05) is 60.4 Å². The largest absolute Gasteiger partial charge is 0.497 e. The Morgan fingerprint density at radius 3 is 2.21 bits per heavy atom. The summed E-state index contributed by atoms with van der Waals surface area (Å²) < 4.78 is 5.16. The monoisotopic (exact) mass is 395 g/mol. The van der Waals surface area contributed by atoms with Crippen molar-refractivity contribution in [1.29, 1.82) is 0 Å². The van der Waals surface area contributed by atoms with Gasteiger partial charge in [0.2, 0.25) is 11.8 Å². The maximum Gasteiger partial charge on any atom is 0.227 e. The van der Waals surface area contributed by atoms with Gasteiger partial charge < -0.3 is 19.9 Å². The van der Waals surface area contributed by atoms with Gasteiger partial charge in [0.15, 0.2) is 0 Å². The lowest BCUT2D eigenvalue weighted by atomic mass is 10.1. The van der Waals surface area contributed by atoms with E-state index in [9.17, 15) is 9.59 Å². The summed E-state index contributed by atoms with van der Waals surface area (Å²) in [6.07, 6.45) is 1.79. The van der Waals surface area contributed by atoms with Crippen LogP contribution in [0.2, 0.25) is 0 Å². The van der Waals surface area contributed by atoms with Crippen LogP contribution in [-0.4, -0.2) is 50.0 Å². The van der Waals surface area contributed by atoms with Gasteiger partial charge in [0.05, 0.1) is 13.5 Å². The van der Waals surface area contributed by atoms with Crippen LogP contribution in [-0.2, 0) is 16.0 Å². The SMILES string of the molecule is CCCC(=O)Nc1ccc(N2CCN(C(=O)Cc3ccc(OC)cc3)CC2)cc1. The number of hydrogen-bond acceptors (Lipinski definition) is 4. The van der Waals surface area contributed by atoms with Gasteiger partial charge in [-0.3, -0.25) is 9.59 Å². The van der Waals surface area contributed by atoms with Crippen LogP contribution in [0, 0.1) is 0 Å². The number of piperazine rings is 1. The minimum atomic E-state index is 0.0456. The Hall–Kier alpha value is -3.02. The van der Waals surface area contributed by atoms with Crippen LogP contribution < -0.4 is 15.0 Å². The van der Waals surface area contributed by atoms with E-state index in [0.29, 0.717) is 25.9 Å². The molecule has 0 aliphatic carbocycles. The lowest BCUT2D eigenvalue weighted by molar-refractivity contribution is -0.130. The topological polar surface area (TPSA) is 61.9 Å². The molecule has 29 heavy (non-hydrogen) atoms. The molecule has 0 aromatic heterocycles.